The van der Waals surface area contributed by atoms with Crippen LogP contribution in [0.4, 0.5) is 10.1 Å². The maximum Gasteiger partial charge on any atom is 0.240 e. The zero-order chi connectivity index (χ0) is 21.0. The van der Waals surface area contributed by atoms with Gasteiger partial charge in [-0.05, 0) is 47.9 Å². The minimum absolute atomic E-state index is 0.0243. The molecular formula is C20H22FN3O4S. The maximum absolute atomic E-state index is 12.9. The van der Waals surface area contributed by atoms with E-state index in [1.165, 1.54) is 25.1 Å². The highest BCUT2D eigenvalue weighted by Crippen LogP contribution is 2.30. The molecule has 0 fully saturated rings. The third kappa shape index (κ3) is 5.18. The zero-order valence-electron chi connectivity index (χ0n) is 15.9. The van der Waals surface area contributed by atoms with Crippen LogP contribution in [0.1, 0.15) is 24.5 Å². The topological polar surface area (TPSA) is 95.6 Å². The molecule has 1 aliphatic heterocycles. The number of fused-ring (bicyclic) bond motifs is 1. The van der Waals surface area contributed by atoms with E-state index < -0.39 is 10.0 Å². The van der Waals surface area contributed by atoms with Gasteiger partial charge in [0.05, 0.1) is 4.90 Å². The van der Waals surface area contributed by atoms with E-state index in [1.54, 1.807) is 29.2 Å². The van der Waals surface area contributed by atoms with Gasteiger partial charge in [0.25, 0.3) is 0 Å². The lowest BCUT2D eigenvalue weighted by Crippen LogP contribution is -2.30. The lowest BCUT2D eigenvalue weighted by Gasteiger charge is -2.15. The number of hydrogen-bond donors (Lipinski definition) is 2. The molecule has 0 radical (unpaired) electrons. The lowest BCUT2D eigenvalue weighted by atomic mass is 10.2. The number of carbonyl (C=O) groups excluding carboxylic acids is 2. The highest BCUT2D eigenvalue weighted by Gasteiger charge is 2.24. The lowest BCUT2D eigenvalue weighted by molar-refractivity contribution is -0.121. The van der Waals surface area contributed by atoms with Gasteiger partial charge in [0.1, 0.15) is 5.82 Å². The van der Waals surface area contributed by atoms with Gasteiger partial charge in [-0.3, -0.25) is 9.59 Å². The molecule has 2 N–H and O–H groups in total. The second-order valence-corrected chi connectivity index (χ2v) is 8.53. The largest absolute Gasteiger partial charge is 0.352 e. The van der Waals surface area contributed by atoms with Crippen molar-refractivity contribution in [3.8, 4) is 0 Å². The molecule has 29 heavy (non-hydrogen) atoms. The Morgan fingerprint density at radius 1 is 1.14 bits per heavy atom. The molecule has 2 amide bonds. The number of hydrogen-bond acceptors (Lipinski definition) is 4. The number of carbonyl (C=O) groups is 2. The summed E-state index contributed by atoms with van der Waals surface area (Å²) in [6, 6.07) is 10.4. The van der Waals surface area contributed by atoms with E-state index in [9.17, 15) is 22.4 Å². The summed E-state index contributed by atoms with van der Waals surface area (Å²) in [5.74, 6) is -0.748. The average molecular weight is 419 g/mol. The Labute approximate surface area is 169 Å². The van der Waals surface area contributed by atoms with Crippen LogP contribution < -0.4 is 14.9 Å². The molecule has 0 aromatic heterocycles. The van der Waals surface area contributed by atoms with Crippen LogP contribution in [-0.4, -0.2) is 33.3 Å². The van der Waals surface area contributed by atoms with E-state index in [0.717, 1.165) is 16.8 Å². The van der Waals surface area contributed by atoms with Crippen molar-refractivity contribution < 1.29 is 22.4 Å². The molecule has 0 aliphatic carbocycles. The Morgan fingerprint density at radius 2 is 1.86 bits per heavy atom. The molecule has 1 heterocycles. The SMILES string of the molecule is CC(=O)N1CCc2cc(S(=O)(=O)NCCC(=O)NCc3ccc(F)cc3)ccc21. The predicted molar refractivity (Wildman–Crippen MR) is 106 cm³/mol. The smallest absolute Gasteiger partial charge is 0.240 e. The molecule has 1 aliphatic rings. The van der Waals surface area contributed by atoms with E-state index in [2.05, 4.69) is 10.0 Å². The van der Waals surface area contributed by atoms with Crippen LogP contribution in [0.25, 0.3) is 0 Å². The Hall–Kier alpha value is -2.78. The third-order valence-electron chi connectivity index (χ3n) is 4.68. The van der Waals surface area contributed by atoms with Crippen LogP contribution in [0.2, 0.25) is 0 Å². The molecule has 154 valence electrons. The summed E-state index contributed by atoms with van der Waals surface area (Å²) in [4.78, 5) is 25.2. The standard InChI is InChI=1S/C20H22FN3O4S/c1-14(25)24-11-9-16-12-18(6-7-19(16)24)29(27,28)23-10-8-20(26)22-13-15-2-4-17(21)5-3-15/h2-7,12,23H,8-11,13H2,1H3,(H,22,26). The Morgan fingerprint density at radius 3 is 2.55 bits per heavy atom. The number of sulfonamides is 1. The number of anilines is 1. The van der Waals surface area contributed by atoms with Gasteiger partial charge in [-0.1, -0.05) is 12.1 Å². The van der Waals surface area contributed by atoms with Gasteiger partial charge in [-0.25, -0.2) is 17.5 Å². The first-order chi connectivity index (χ1) is 13.8. The average Bonchev–Trinajstić information content (AvgIpc) is 3.11. The number of rotatable bonds is 7. The predicted octanol–water partition coefficient (Wildman–Crippen LogP) is 1.72. The van der Waals surface area contributed by atoms with Crippen LogP contribution >= 0.6 is 0 Å². The summed E-state index contributed by atoms with van der Waals surface area (Å²) >= 11 is 0. The number of benzene rings is 2. The molecule has 9 heteroatoms. The van der Waals surface area contributed by atoms with Crippen LogP contribution in [0.5, 0.6) is 0 Å². The zero-order valence-corrected chi connectivity index (χ0v) is 16.8. The van der Waals surface area contributed by atoms with E-state index in [1.807, 2.05) is 0 Å². The van der Waals surface area contributed by atoms with Crippen LogP contribution in [0.3, 0.4) is 0 Å². The van der Waals surface area contributed by atoms with Crippen molar-refractivity contribution in [1.29, 1.82) is 0 Å². The number of nitrogens with zero attached hydrogens (tertiary/aromatic N) is 1. The minimum Gasteiger partial charge on any atom is -0.352 e. The molecule has 3 rings (SSSR count). The Kier molecular flexibility index (Phi) is 6.29. The monoisotopic (exact) mass is 419 g/mol. The number of amides is 2. The first-order valence-corrected chi connectivity index (χ1v) is 10.7. The van der Waals surface area contributed by atoms with E-state index in [4.69, 9.17) is 0 Å². The van der Waals surface area contributed by atoms with Gasteiger partial charge < -0.3 is 10.2 Å². The summed E-state index contributed by atoms with van der Waals surface area (Å²) in [5, 5.41) is 2.66. The van der Waals surface area contributed by atoms with Crippen molar-refractivity contribution in [2.75, 3.05) is 18.0 Å². The first kappa shape index (κ1) is 20.9. The maximum atomic E-state index is 12.9. The van der Waals surface area contributed by atoms with Crippen molar-refractivity contribution in [1.82, 2.24) is 10.0 Å². The highest BCUT2D eigenvalue weighted by atomic mass is 32.2. The molecule has 0 spiro atoms. The van der Waals surface area contributed by atoms with Crippen LogP contribution in [0.15, 0.2) is 47.4 Å². The van der Waals surface area contributed by atoms with Gasteiger partial charge in [0.15, 0.2) is 0 Å². The van der Waals surface area contributed by atoms with E-state index >= 15 is 0 Å². The van der Waals surface area contributed by atoms with Gasteiger partial charge in [-0.2, -0.15) is 0 Å². The summed E-state index contributed by atoms with van der Waals surface area (Å²) < 4.78 is 40.2. The molecule has 0 bridgehead atoms. The number of nitrogens with one attached hydrogen (secondary N) is 2. The summed E-state index contributed by atoms with van der Waals surface area (Å²) in [6.45, 7) is 2.20. The molecule has 2 aromatic carbocycles. The van der Waals surface area contributed by atoms with Gasteiger partial charge in [0.2, 0.25) is 21.8 Å². The highest BCUT2D eigenvalue weighted by molar-refractivity contribution is 7.89. The van der Waals surface area contributed by atoms with E-state index in [0.29, 0.717) is 13.0 Å². The summed E-state index contributed by atoms with van der Waals surface area (Å²) in [5.41, 5.74) is 2.29. The van der Waals surface area contributed by atoms with Gasteiger partial charge in [-0.15, -0.1) is 0 Å². The first-order valence-electron chi connectivity index (χ1n) is 9.18. The minimum atomic E-state index is -3.76. The molecule has 0 unspecified atom stereocenters. The second kappa shape index (κ2) is 8.71. The molecule has 0 atom stereocenters. The Balaban J connectivity index is 1.52. The fraction of sp³-hybridized carbons (Fsp3) is 0.300. The van der Waals surface area contributed by atoms with Crippen LogP contribution in [0, 0.1) is 5.82 Å². The molecule has 7 nitrogen and oxygen atoms in total. The van der Waals surface area contributed by atoms with Crippen molar-refractivity contribution in [3.05, 3.63) is 59.4 Å². The fourth-order valence-corrected chi connectivity index (χ4v) is 4.23. The van der Waals surface area contributed by atoms with Gasteiger partial charge >= 0.3 is 0 Å². The van der Waals surface area contributed by atoms with Crippen molar-refractivity contribution in [2.45, 2.75) is 31.2 Å². The second-order valence-electron chi connectivity index (χ2n) is 6.76. The molecule has 0 saturated carbocycles. The Bertz CT molecular complexity index is 1020. The van der Waals surface area contributed by atoms with Crippen molar-refractivity contribution in [2.24, 2.45) is 0 Å². The molecular weight excluding hydrogens is 397 g/mol. The van der Waals surface area contributed by atoms with Crippen molar-refractivity contribution in [3.63, 3.8) is 0 Å². The van der Waals surface area contributed by atoms with Gasteiger partial charge in [0, 0.05) is 38.7 Å². The molecule has 0 saturated heterocycles. The normalized spacial score (nSPS) is 13.2. The quantitative estimate of drug-likeness (QED) is 0.714. The fourth-order valence-electron chi connectivity index (χ4n) is 3.15. The van der Waals surface area contributed by atoms with Crippen molar-refractivity contribution >= 4 is 27.5 Å². The third-order valence-corrected chi connectivity index (χ3v) is 6.14. The molecule has 2 aromatic rings. The van der Waals surface area contributed by atoms with E-state index in [-0.39, 0.29) is 42.0 Å². The summed E-state index contributed by atoms with van der Waals surface area (Å²) in [7, 11) is -3.76. The number of halogens is 1. The summed E-state index contributed by atoms with van der Waals surface area (Å²) in [6.07, 6.45) is 0.577. The van der Waals surface area contributed by atoms with Crippen LogP contribution in [-0.2, 0) is 32.6 Å².